The second-order valence-electron chi connectivity index (χ2n) is 5.36. The van der Waals surface area contributed by atoms with Crippen molar-refractivity contribution in [1.29, 1.82) is 0 Å². The third-order valence-electron chi connectivity index (χ3n) is 2.95. The number of rotatable bonds is 7. The fourth-order valence-electron chi connectivity index (χ4n) is 1.80. The summed E-state index contributed by atoms with van der Waals surface area (Å²) in [5.41, 5.74) is 3.88. The fourth-order valence-corrected chi connectivity index (χ4v) is 2.63. The number of nitrogens with one attached hydrogen (secondary N) is 1. The molecule has 0 saturated carbocycles. The van der Waals surface area contributed by atoms with Gasteiger partial charge >= 0.3 is 0 Å². The summed E-state index contributed by atoms with van der Waals surface area (Å²) in [6, 6.07) is 0.652. The Bertz CT molecular complexity index is 535. The van der Waals surface area contributed by atoms with Gasteiger partial charge in [0, 0.05) is 18.5 Å². The molecule has 2 heterocycles. The van der Waals surface area contributed by atoms with Crippen LogP contribution >= 0.6 is 11.3 Å². The van der Waals surface area contributed by atoms with Gasteiger partial charge in [0.2, 0.25) is 0 Å². The highest BCUT2D eigenvalue weighted by molar-refractivity contribution is 7.09. The van der Waals surface area contributed by atoms with Gasteiger partial charge in [-0.3, -0.25) is 0 Å². The van der Waals surface area contributed by atoms with Crippen molar-refractivity contribution in [3.8, 4) is 0 Å². The van der Waals surface area contributed by atoms with Gasteiger partial charge in [-0.25, -0.2) is 4.98 Å². The average Bonchev–Trinajstić information content (AvgIpc) is 2.99. The summed E-state index contributed by atoms with van der Waals surface area (Å²) >= 11 is 1.66. The van der Waals surface area contributed by atoms with Crippen LogP contribution in [0.25, 0.3) is 0 Å². The second-order valence-corrected chi connectivity index (χ2v) is 6.30. The Morgan fingerprint density at radius 1 is 1.45 bits per heavy atom. The molecule has 0 radical (unpaired) electrons. The molecule has 5 nitrogen and oxygen atoms in total. The Hall–Kier alpha value is -1.40. The van der Waals surface area contributed by atoms with Crippen LogP contribution in [0.1, 0.15) is 30.1 Å². The minimum absolute atomic E-state index is 0.637. The Morgan fingerprint density at radius 2 is 2.25 bits per heavy atom. The van der Waals surface area contributed by atoms with Crippen LogP contribution < -0.4 is 10.2 Å². The molecule has 20 heavy (non-hydrogen) atoms. The highest BCUT2D eigenvalue weighted by atomic mass is 32.1. The maximum Gasteiger partial charge on any atom is 0.297 e. The summed E-state index contributed by atoms with van der Waals surface area (Å²) in [6.45, 7) is 8.90. The molecule has 0 aliphatic heterocycles. The smallest absolute Gasteiger partial charge is 0.297 e. The first-order valence-electron chi connectivity index (χ1n) is 6.81. The lowest BCUT2D eigenvalue weighted by Crippen LogP contribution is -2.20. The summed E-state index contributed by atoms with van der Waals surface area (Å²) in [5, 5.41) is 3.36. The molecule has 0 aromatic carbocycles. The number of oxazole rings is 1. The third-order valence-corrected chi connectivity index (χ3v) is 3.87. The van der Waals surface area contributed by atoms with E-state index in [-0.39, 0.29) is 0 Å². The lowest BCUT2D eigenvalue weighted by Gasteiger charge is -2.13. The van der Waals surface area contributed by atoms with Crippen molar-refractivity contribution in [3.05, 3.63) is 28.0 Å². The van der Waals surface area contributed by atoms with Gasteiger partial charge in [-0.2, -0.15) is 4.98 Å². The van der Waals surface area contributed by atoms with Crippen molar-refractivity contribution >= 4 is 17.4 Å². The quantitative estimate of drug-likeness (QED) is 0.851. The van der Waals surface area contributed by atoms with Gasteiger partial charge in [0.25, 0.3) is 6.01 Å². The van der Waals surface area contributed by atoms with Crippen LogP contribution in [0.2, 0.25) is 0 Å². The summed E-state index contributed by atoms with van der Waals surface area (Å²) < 4.78 is 5.53. The predicted octanol–water partition coefficient (Wildman–Crippen LogP) is 2.82. The zero-order valence-corrected chi connectivity index (χ0v) is 13.3. The van der Waals surface area contributed by atoms with Gasteiger partial charge in [0.1, 0.15) is 6.26 Å². The van der Waals surface area contributed by atoms with E-state index in [2.05, 4.69) is 29.1 Å². The molecule has 2 rings (SSSR count). The Morgan fingerprint density at radius 3 is 2.90 bits per heavy atom. The van der Waals surface area contributed by atoms with Crippen molar-refractivity contribution in [2.24, 2.45) is 5.92 Å². The fraction of sp³-hybridized carbons (Fsp3) is 0.571. The van der Waals surface area contributed by atoms with Crippen LogP contribution in [-0.4, -0.2) is 23.6 Å². The molecule has 110 valence electrons. The largest absolute Gasteiger partial charge is 0.432 e. The van der Waals surface area contributed by atoms with Gasteiger partial charge in [-0.05, 0) is 19.4 Å². The van der Waals surface area contributed by atoms with Crippen LogP contribution in [0.5, 0.6) is 0 Å². The molecule has 6 heteroatoms. The first-order chi connectivity index (χ1) is 9.56. The van der Waals surface area contributed by atoms with E-state index in [0.29, 0.717) is 11.9 Å². The molecule has 0 bridgehead atoms. The number of thiazole rings is 1. The van der Waals surface area contributed by atoms with E-state index >= 15 is 0 Å². The maximum atomic E-state index is 5.53. The molecule has 0 spiro atoms. The SMILES string of the molecule is Cc1ncsc1CN(C)c1nc(CNCC(C)C)co1. The molecule has 0 unspecified atom stereocenters. The molecule has 2 aromatic heterocycles. The van der Waals surface area contributed by atoms with Gasteiger partial charge in [0.15, 0.2) is 0 Å². The minimum atomic E-state index is 0.637. The average molecular weight is 294 g/mol. The number of hydrogen-bond donors (Lipinski definition) is 1. The topological polar surface area (TPSA) is 54.2 Å². The maximum absolute atomic E-state index is 5.53. The molecule has 0 amide bonds. The van der Waals surface area contributed by atoms with E-state index in [9.17, 15) is 0 Å². The highest BCUT2D eigenvalue weighted by Gasteiger charge is 2.12. The summed E-state index contributed by atoms with van der Waals surface area (Å²) in [4.78, 5) is 12.0. The van der Waals surface area contributed by atoms with Crippen molar-refractivity contribution < 1.29 is 4.42 Å². The number of anilines is 1. The van der Waals surface area contributed by atoms with Crippen LogP contribution in [0, 0.1) is 12.8 Å². The van der Waals surface area contributed by atoms with E-state index in [1.165, 1.54) is 4.88 Å². The highest BCUT2D eigenvalue weighted by Crippen LogP contribution is 2.19. The summed E-state index contributed by atoms with van der Waals surface area (Å²) in [5.74, 6) is 0.637. The molecule has 2 aromatic rings. The lowest BCUT2D eigenvalue weighted by molar-refractivity contribution is 0.535. The minimum Gasteiger partial charge on any atom is -0.432 e. The Kier molecular flexibility index (Phi) is 5.14. The zero-order chi connectivity index (χ0) is 14.5. The number of aromatic nitrogens is 2. The standard InChI is InChI=1S/C14H22N4OS/c1-10(2)5-15-6-12-8-19-14(17-12)18(4)7-13-11(3)16-9-20-13/h8-10,15H,5-7H2,1-4H3. The van der Waals surface area contributed by atoms with E-state index in [4.69, 9.17) is 4.42 Å². The summed E-state index contributed by atoms with van der Waals surface area (Å²) in [6.07, 6.45) is 1.72. The lowest BCUT2D eigenvalue weighted by atomic mass is 10.2. The molecule has 0 fully saturated rings. The van der Waals surface area contributed by atoms with Crippen LogP contribution in [0.3, 0.4) is 0 Å². The van der Waals surface area contributed by atoms with Gasteiger partial charge in [-0.15, -0.1) is 11.3 Å². The molecular weight excluding hydrogens is 272 g/mol. The van der Waals surface area contributed by atoms with Gasteiger partial charge < -0.3 is 14.6 Å². The van der Waals surface area contributed by atoms with Crippen LogP contribution in [0.15, 0.2) is 16.2 Å². The van der Waals surface area contributed by atoms with Gasteiger partial charge in [-0.1, -0.05) is 13.8 Å². The first kappa shape index (κ1) is 15.0. The molecule has 1 N–H and O–H groups in total. The van der Waals surface area contributed by atoms with E-state index in [1.54, 1.807) is 17.6 Å². The van der Waals surface area contributed by atoms with E-state index in [0.717, 1.165) is 31.0 Å². The molecule has 0 aliphatic rings. The van der Waals surface area contributed by atoms with Crippen molar-refractivity contribution in [1.82, 2.24) is 15.3 Å². The molecular formula is C14H22N4OS. The molecule has 0 aliphatic carbocycles. The number of nitrogens with zero attached hydrogens (tertiary/aromatic N) is 3. The predicted molar refractivity (Wildman–Crippen MR) is 82.0 cm³/mol. The monoisotopic (exact) mass is 294 g/mol. The van der Waals surface area contributed by atoms with Crippen molar-refractivity contribution in [2.45, 2.75) is 33.9 Å². The Labute approximate surface area is 124 Å². The first-order valence-corrected chi connectivity index (χ1v) is 7.69. The van der Waals surface area contributed by atoms with Gasteiger partial charge in [0.05, 0.1) is 23.4 Å². The van der Waals surface area contributed by atoms with E-state index in [1.807, 2.05) is 24.4 Å². The molecule has 0 atom stereocenters. The normalized spacial score (nSPS) is 11.2. The summed E-state index contributed by atoms with van der Waals surface area (Å²) in [7, 11) is 1.98. The number of hydrogen-bond acceptors (Lipinski definition) is 6. The van der Waals surface area contributed by atoms with Crippen molar-refractivity contribution in [2.75, 3.05) is 18.5 Å². The second kappa shape index (κ2) is 6.85. The Balaban J connectivity index is 1.89. The zero-order valence-electron chi connectivity index (χ0n) is 12.5. The van der Waals surface area contributed by atoms with Crippen LogP contribution in [0.4, 0.5) is 6.01 Å². The van der Waals surface area contributed by atoms with Crippen LogP contribution in [-0.2, 0) is 13.1 Å². The number of aryl methyl sites for hydroxylation is 1. The molecule has 0 saturated heterocycles. The van der Waals surface area contributed by atoms with Crippen molar-refractivity contribution in [3.63, 3.8) is 0 Å². The third kappa shape index (κ3) is 4.05. The van der Waals surface area contributed by atoms with E-state index < -0.39 is 0 Å².